The average molecular weight is 274 g/mol. The molecule has 2 atom stereocenters. The van der Waals surface area contributed by atoms with Crippen molar-refractivity contribution in [3.05, 3.63) is 29.8 Å². The summed E-state index contributed by atoms with van der Waals surface area (Å²) in [6, 6.07) is 8.93. The molecular weight excluding hydrogens is 244 g/mol. The van der Waals surface area contributed by atoms with E-state index in [1.54, 1.807) is 0 Å². The second-order valence-electron chi connectivity index (χ2n) is 7.36. The molecule has 0 amide bonds. The molecule has 112 valence electrons. The van der Waals surface area contributed by atoms with E-state index < -0.39 is 0 Å². The number of nitrogens with zero attached hydrogens (tertiary/aromatic N) is 1. The van der Waals surface area contributed by atoms with Gasteiger partial charge in [-0.05, 0) is 55.2 Å². The maximum Gasteiger partial charge on any atom is 0.0366 e. The minimum absolute atomic E-state index is 0.124. The molecule has 1 fully saturated rings. The first-order chi connectivity index (χ1) is 9.38. The number of rotatable bonds is 2. The molecule has 2 unspecified atom stereocenters. The van der Waals surface area contributed by atoms with Crippen LogP contribution in [0.3, 0.4) is 0 Å². The normalized spacial score (nSPS) is 22.4. The monoisotopic (exact) mass is 274 g/mol. The Bertz CT molecular complexity index is 414. The number of hydrogen-bond acceptors (Lipinski definition) is 2. The summed E-state index contributed by atoms with van der Waals surface area (Å²) in [4.78, 5) is 2.54. The van der Waals surface area contributed by atoms with Crippen molar-refractivity contribution in [1.82, 2.24) is 0 Å². The third kappa shape index (κ3) is 3.76. The van der Waals surface area contributed by atoms with Crippen LogP contribution in [0.1, 0.15) is 58.6 Å². The van der Waals surface area contributed by atoms with Crippen LogP contribution < -0.4 is 10.6 Å². The zero-order valence-corrected chi connectivity index (χ0v) is 13.5. The van der Waals surface area contributed by atoms with Gasteiger partial charge in [0.15, 0.2) is 0 Å². The molecule has 0 aliphatic carbocycles. The lowest BCUT2D eigenvalue weighted by Gasteiger charge is -2.30. The van der Waals surface area contributed by atoms with Gasteiger partial charge in [-0.15, -0.1) is 0 Å². The Balaban J connectivity index is 2.03. The summed E-state index contributed by atoms with van der Waals surface area (Å²) in [6.45, 7) is 11.5. The van der Waals surface area contributed by atoms with Crippen molar-refractivity contribution in [1.29, 1.82) is 0 Å². The van der Waals surface area contributed by atoms with E-state index in [9.17, 15) is 0 Å². The average Bonchev–Trinajstić information content (AvgIpc) is 2.64. The first-order valence-corrected chi connectivity index (χ1v) is 7.98. The molecule has 2 N–H and O–H groups in total. The van der Waals surface area contributed by atoms with Crippen molar-refractivity contribution in [3.8, 4) is 0 Å². The molecule has 2 nitrogen and oxygen atoms in total. The van der Waals surface area contributed by atoms with E-state index >= 15 is 0 Å². The summed E-state index contributed by atoms with van der Waals surface area (Å²) in [5.74, 6) is 0.843. The number of nitrogens with two attached hydrogens (primary N) is 1. The molecule has 20 heavy (non-hydrogen) atoms. The third-order valence-corrected chi connectivity index (χ3v) is 4.74. The summed E-state index contributed by atoms with van der Waals surface area (Å²) in [5, 5.41) is 0. The van der Waals surface area contributed by atoms with E-state index in [0.717, 1.165) is 5.92 Å². The third-order valence-electron chi connectivity index (χ3n) is 4.74. The van der Waals surface area contributed by atoms with Gasteiger partial charge in [0.05, 0.1) is 0 Å². The largest absolute Gasteiger partial charge is 0.372 e. The molecular formula is C18H30N2. The van der Waals surface area contributed by atoms with E-state index in [-0.39, 0.29) is 6.04 Å². The molecule has 0 spiro atoms. The molecule has 1 aromatic rings. The van der Waals surface area contributed by atoms with Gasteiger partial charge < -0.3 is 10.6 Å². The molecule has 1 aliphatic rings. The number of benzene rings is 1. The first-order valence-electron chi connectivity index (χ1n) is 7.98. The number of anilines is 1. The highest BCUT2D eigenvalue weighted by atomic mass is 15.1. The van der Waals surface area contributed by atoms with Crippen molar-refractivity contribution < 1.29 is 0 Å². The van der Waals surface area contributed by atoms with Gasteiger partial charge >= 0.3 is 0 Å². The standard InChI is InChI=1S/C18H30N2/c1-14(19)15-7-9-17(10-8-15)20-12-5-6-16(11-13-20)18(2,3)4/h7-10,14,16H,5-6,11-13,19H2,1-4H3. The van der Waals surface area contributed by atoms with Crippen molar-refractivity contribution in [2.45, 2.75) is 53.0 Å². The lowest BCUT2D eigenvalue weighted by molar-refractivity contribution is 0.220. The summed E-state index contributed by atoms with van der Waals surface area (Å²) in [6.07, 6.45) is 3.97. The van der Waals surface area contributed by atoms with E-state index in [4.69, 9.17) is 5.73 Å². The summed E-state index contributed by atoms with van der Waals surface area (Å²) < 4.78 is 0. The van der Waals surface area contributed by atoms with Gasteiger partial charge in [0.2, 0.25) is 0 Å². The molecule has 0 saturated carbocycles. The van der Waals surface area contributed by atoms with Gasteiger partial charge in [0.25, 0.3) is 0 Å². The highest BCUT2D eigenvalue weighted by Gasteiger charge is 2.27. The van der Waals surface area contributed by atoms with Crippen molar-refractivity contribution in [3.63, 3.8) is 0 Å². The van der Waals surface area contributed by atoms with Crippen LogP contribution in [0.15, 0.2) is 24.3 Å². The molecule has 0 aromatic heterocycles. The minimum Gasteiger partial charge on any atom is -0.372 e. The van der Waals surface area contributed by atoms with Crippen molar-refractivity contribution >= 4 is 5.69 Å². The highest BCUT2D eigenvalue weighted by Crippen LogP contribution is 2.35. The van der Waals surface area contributed by atoms with Crippen molar-refractivity contribution in [2.75, 3.05) is 18.0 Å². The van der Waals surface area contributed by atoms with Crippen LogP contribution in [-0.2, 0) is 0 Å². The van der Waals surface area contributed by atoms with Crippen LogP contribution in [-0.4, -0.2) is 13.1 Å². The van der Waals surface area contributed by atoms with Crippen LogP contribution in [0.2, 0.25) is 0 Å². The second-order valence-corrected chi connectivity index (χ2v) is 7.36. The SMILES string of the molecule is CC(N)c1ccc(N2CCCC(C(C)(C)C)CC2)cc1. The van der Waals surface area contributed by atoms with E-state index in [2.05, 4.69) is 49.9 Å². The zero-order chi connectivity index (χ0) is 14.8. The van der Waals surface area contributed by atoms with E-state index in [1.165, 1.54) is 43.6 Å². The van der Waals surface area contributed by atoms with Gasteiger partial charge in [0, 0.05) is 24.8 Å². The summed E-state index contributed by atoms with van der Waals surface area (Å²) in [5.41, 5.74) is 8.93. The first kappa shape index (κ1) is 15.4. The topological polar surface area (TPSA) is 29.3 Å². The number of hydrogen-bond donors (Lipinski definition) is 1. The lowest BCUT2D eigenvalue weighted by Crippen LogP contribution is -2.26. The maximum atomic E-state index is 5.92. The zero-order valence-electron chi connectivity index (χ0n) is 13.5. The van der Waals surface area contributed by atoms with Crippen LogP contribution in [0.25, 0.3) is 0 Å². The summed E-state index contributed by atoms with van der Waals surface area (Å²) >= 11 is 0. The molecule has 1 aliphatic heterocycles. The van der Waals surface area contributed by atoms with Crippen LogP contribution in [0.5, 0.6) is 0 Å². The van der Waals surface area contributed by atoms with Gasteiger partial charge in [-0.1, -0.05) is 32.9 Å². The fourth-order valence-corrected chi connectivity index (χ4v) is 3.21. The Morgan fingerprint density at radius 1 is 1.10 bits per heavy atom. The molecule has 1 saturated heterocycles. The predicted octanol–water partition coefficient (Wildman–Crippen LogP) is 4.36. The Morgan fingerprint density at radius 3 is 2.30 bits per heavy atom. The lowest BCUT2D eigenvalue weighted by atomic mass is 9.77. The van der Waals surface area contributed by atoms with Crippen LogP contribution in [0, 0.1) is 11.3 Å². The second kappa shape index (κ2) is 6.17. The Labute approximate surface area is 124 Å². The van der Waals surface area contributed by atoms with Gasteiger partial charge in [-0.3, -0.25) is 0 Å². The predicted molar refractivity (Wildman–Crippen MR) is 88.1 cm³/mol. The van der Waals surface area contributed by atoms with E-state index in [1.807, 2.05) is 6.92 Å². The molecule has 0 radical (unpaired) electrons. The summed E-state index contributed by atoms with van der Waals surface area (Å²) in [7, 11) is 0. The van der Waals surface area contributed by atoms with Gasteiger partial charge in [0.1, 0.15) is 0 Å². The molecule has 1 aromatic carbocycles. The van der Waals surface area contributed by atoms with Crippen molar-refractivity contribution in [2.24, 2.45) is 17.1 Å². The fourth-order valence-electron chi connectivity index (χ4n) is 3.21. The van der Waals surface area contributed by atoms with Gasteiger partial charge in [-0.25, -0.2) is 0 Å². The maximum absolute atomic E-state index is 5.92. The minimum atomic E-state index is 0.124. The smallest absolute Gasteiger partial charge is 0.0366 e. The highest BCUT2D eigenvalue weighted by molar-refractivity contribution is 5.48. The van der Waals surface area contributed by atoms with Gasteiger partial charge in [-0.2, -0.15) is 0 Å². The van der Waals surface area contributed by atoms with Crippen LogP contribution >= 0.6 is 0 Å². The Morgan fingerprint density at radius 2 is 1.75 bits per heavy atom. The van der Waals surface area contributed by atoms with Crippen LogP contribution in [0.4, 0.5) is 5.69 Å². The molecule has 1 heterocycles. The Hall–Kier alpha value is -1.02. The molecule has 2 heteroatoms. The quantitative estimate of drug-likeness (QED) is 0.868. The fraction of sp³-hybridized carbons (Fsp3) is 0.667. The molecule has 2 rings (SSSR count). The Kier molecular flexibility index (Phi) is 4.74. The molecule has 0 bridgehead atoms. The van der Waals surface area contributed by atoms with E-state index in [0.29, 0.717) is 5.41 Å².